The molecule has 6 heteroatoms. The Morgan fingerprint density at radius 3 is 1.14 bits per heavy atom. The second-order valence-electron chi connectivity index (χ2n) is 19.2. The minimum atomic E-state index is -0.697. The third-order valence-corrected chi connectivity index (χ3v) is 14.0. The number of quaternary nitrogens is 1. The summed E-state index contributed by atoms with van der Waals surface area (Å²) in [5, 5.41) is 8.74. The lowest BCUT2D eigenvalue weighted by molar-refractivity contribution is -0.133. The largest absolute Gasteiger partial charge is 0.481 e. The summed E-state index contributed by atoms with van der Waals surface area (Å²) in [4.78, 5) is 10.6. The summed E-state index contributed by atoms with van der Waals surface area (Å²) < 4.78 is 0.711. The molecular weight excluding hydrogens is 815 g/mol. The number of benzene rings is 1. The Balaban J connectivity index is 2.46. The summed E-state index contributed by atoms with van der Waals surface area (Å²) in [6.45, 7) is 7.78. The maximum Gasteiger partial charge on any atom is 0.313 e. The van der Waals surface area contributed by atoms with Crippen molar-refractivity contribution in [3.63, 3.8) is 0 Å². The zero-order valence-electron chi connectivity index (χ0n) is 43.2. The Kier molecular flexibility index (Phi) is 47.1. The van der Waals surface area contributed by atoms with Crippen LogP contribution in [0.3, 0.4) is 0 Å². The van der Waals surface area contributed by atoms with E-state index in [9.17, 15) is 4.79 Å². The van der Waals surface area contributed by atoms with Gasteiger partial charge in [-0.2, -0.15) is 11.8 Å². The predicted octanol–water partition coefficient (Wildman–Crippen LogP) is 18.7. The van der Waals surface area contributed by atoms with Crippen LogP contribution in [0, 0.1) is 0 Å². The van der Waals surface area contributed by atoms with Crippen LogP contribution in [0.15, 0.2) is 66.8 Å². The SMILES string of the molecule is CCCCCCCC/C=C\CCCCCCCN[N+](CCCCCCC/C=C\CCCCCCCCSCC(=O)O)(NCCCCCCC/C=C\CCCCCCCC)c1ccccc1. The van der Waals surface area contributed by atoms with Crippen molar-refractivity contribution in [2.24, 2.45) is 0 Å². The summed E-state index contributed by atoms with van der Waals surface area (Å²) in [7, 11) is 0. The molecule has 0 saturated heterocycles. The Labute approximate surface area is 409 Å². The minimum Gasteiger partial charge on any atom is -0.481 e. The fourth-order valence-corrected chi connectivity index (χ4v) is 9.58. The molecule has 3 N–H and O–H groups in total. The van der Waals surface area contributed by atoms with E-state index in [1.165, 1.54) is 250 Å². The summed E-state index contributed by atoms with van der Waals surface area (Å²) in [5.41, 5.74) is 9.53. The first kappa shape index (κ1) is 61.2. The van der Waals surface area contributed by atoms with Gasteiger partial charge in [0.05, 0.1) is 5.75 Å². The van der Waals surface area contributed by atoms with Crippen LogP contribution in [0.25, 0.3) is 0 Å². The lowest BCUT2D eigenvalue weighted by Crippen LogP contribution is -2.68. The Morgan fingerprint density at radius 2 is 0.769 bits per heavy atom. The second-order valence-corrected chi connectivity index (χ2v) is 20.3. The highest BCUT2D eigenvalue weighted by Gasteiger charge is 2.30. The number of para-hydroxylation sites is 1. The number of nitrogens with one attached hydrogen (secondary N) is 2. The monoisotopic (exact) mass is 923 g/mol. The molecule has 0 unspecified atom stereocenters. The first-order valence-electron chi connectivity index (χ1n) is 28.3. The second kappa shape index (κ2) is 50.0. The maximum absolute atomic E-state index is 10.6. The average molecular weight is 924 g/mol. The van der Waals surface area contributed by atoms with E-state index >= 15 is 0 Å². The van der Waals surface area contributed by atoms with Gasteiger partial charge >= 0.3 is 5.97 Å². The Hall–Kier alpha value is -1.86. The van der Waals surface area contributed by atoms with Gasteiger partial charge in [-0.25, -0.2) is 0 Å². The van der Waals surface area contributed by atoms with Crippen molar-refractivity contribution in [2.75, 3.05) is 31.1 Å². The standard InChI is InChI=1S/C59H107N3O2S/c1-3-5-7-9-11-13-15-17-20-24-28-32-36-40-47-53-60-62(58-51-45-44-46-52-58,61-54-48-41-37-33-29-25-21-18-16-14-12-10-8-6-4-2)55-49-42-38-34-30-26-22-19-23-27-31-35-39-43-50-56-65-57-59(63)64/h17-22,44-46,51-52,60-61H,3-16,23-43,47-50,53-57H2,1-2H3/p+1/b20-17-,21-18-,22-19-. The fraction of sp³-hybridized carbons (Fsp3) is 0.780. The molecule has 0 aliphatic heterocycles. The number of unbranched alkanes of at least 4 members (excludes halogenated alkanes) is 33. The summed E-state index contributed by atoms with van der Waals surface area (Å²) in [6, 6.07) is 11.3. The lowest BCUT2D eigenvalue weighted by atomic mass is 10.1. The molecule has 0 aromatic heterocycles. The van der Waals surface area contributed by atoms with Crippen molar-refractivity contribution in [1.29, 1.82) is 0 Å². The number of aliphatic carboxylic acids is 1. The molecule has 0 radical (unpaired) electrons. The molecule has 0 bridgehead atoms. The number of allylic oxidation sites excluding steroid dienone is 6. The van der Waals surface area contributed by atoms with E-state index in [4.69, 9.17) is 5.11 Å². The number of hydrogen-bond acceptors (Lipinski definition) is 4. The van der Waals surface area contributed by atoms with Gasteiger partial charge in [0.25, 0.3) is 0 Å². The van der Waals surface area contributed by atoms with Crippen LogP contribution >= 0.6 is 11.8 Å². The molecule has 1 rings (SSSR count). The van der Waals surface area contributed by atoms with Gasteiger partial charge in [0, 0.05) is 31.6 Å². The number of carbonyl (C=O) groups is 1. The number of rotatable bonds is 52. The first-order valence-corrected chi connectivity index (χ1v) is 29.5. The predicted molar refractivity (Wildman–Crippen MR) is 293 cm³/mol. The number of carboxylic acid groups (broad SMARTS) is 1. The van der Waals surface area contributed by atoms with E-state index in [2.05, 4.69) is 91.5 Å². The lowest BCUT2D eigenvalue weighted by Gasteiger charge is -2.37. The van der Waals surface area contributed by atoms with E-state index in [1.807, 2.05) is 0 Å². The molecule has 376 valence electrons. The highest BCUT2D eigenvalue weighted by Crippen LogP contribution is 2.21. The molecule has 5 nitrogen and oxygen atoms in total. The molecule has 0 fully saturated rings. The van der Waals surface area contributed by atoms with Crippen LogP contribution < -0.4 is 15.6 Å². The number of hydrogen-bond donors (Lipinski definition) is 3. The van der Waals surface area contributed by atoms with Crippen molar-refractivity contribution in [1.82, 2.24) is 15.6 Å². The summed E-state index contributed by atoms with van der Waals surface area (Å²) >= 11 is 1.55. The number of thioether (sulfide) groups is 1. The van der Waals surface area contributed by atoms with Crippen molar-refractivity contribution < 1.29 is 9.90 Å². The van der Waals surface area contributed by atoms with Gasteiger partial charge < -0.3 is 5.11 Å². The molecule has 1 aromatic carbocycles. The smallest absolute Gasteiger partial charge is 0.313 e. The van der Waals surface area contributed by atoms with Crippen molar-refractivity contribution in [2.45, 2.75) is 264 Å². The van der Waals surface area contributed by atoms with Crippen LogP contribution in [-0.2, 0) is 4.79 Å². The summed E-state index contributed by atoms with van der Waals surface area (Å²) in [5.74, 6) is 0.527. The first-order chi connectivity index (χ1) is 32.1. The third-order valence-electron chi connectivity index (χ3n) is 13.0. The fourth-order valence-electron chi connectivity index (χ4n) is 8.85. The van der Waals surface area contributed by atoms with Crippen molar-refractivity contribution >= 4 is 23.4 Å². The molecule has 1 aromatic rings. The van der Waals surface area contributed by atoms with Crippen LogP contribution in [-0.4, -0.2) is 42.2 Å². The topological polar surface area (TPSA) is 61.4 Å². The highest BCUT2D eigenvalue weighted by atomic mass is 32.2. The van der Waals surface area contributed by atoms with E-state index in [0.29, 0.717) is 4.70 Å². The molecule has 0 aliphatic rings. The van der Waals surface area contributed by atoms with Crippen LogP contribution in [0.4, 0.5) is 5.69 Å². The highest BCUT2D eigenvalue weighted by molar-refractivity contribution is 7.99. The van der Waals surface area contributed by atoms with E-state index in [0.717, 1.165) is 31.8 Å². The number of nitrogens with zero attached hydrogens (tertiary/aromatic N) is 1. The van der Waals surface area contributed by atoms with Gasteiger partial charge in [0.2, 0.25) is 0 Å². The van der Waals surface area contributed by atoms with E-state index < -0.39 is 5.97 Å². The summed E-state index contributed by atoms with van der Waals surface area (Å²) in [6.07, 6.45) is 66.0. The van der Waals surface area contributed by atoms with Crippen molar-refractivity contribution in [3.05, 3.63) is 66.8 Å². The Bertz CT molecular complexity index is 1160. The molecule has 65 heavy (non-hydrogen) atoms. The van der Waals surface area contributed by atoms with Gasteiger partial charge in [-0.15, -0.1) is 15.6 Å². The van der Waals surface area contributed by atoms with Gasteiger partial charge in [-0.05, 0) is 108 Å². The molecule has 0 aliphatic carbocycles. The van der Waals surface area contributed by atoms with Gasteiger partial charge in [-0.1, -0.05) is 210 Å². The van der Waals surface area contributed by atoms with Gasteiger partial charge in [0.15, 0.2) is 5.69 Å². The number of carboxylic acids is 1. The molecule has 0 atom stereocenters. The van der Waals surface area contributed by atoms with Gasteiger partial charge in [0.1, 0.15) is 6.54 Å². The quantitative estimate of drug-likeness (QED) is 0.0263. The molecular formula is C59H108N3O2S+. The van der Waals surface area contributed by atoms with Crippen LogP contribution in [0.1, 0.15) is 264 Å². The van der Waals surface area contributed by atoms with Crippen LogP contribution in [0.2, 0.25) is 0 Å². The van der Waals surface area contributed by atoms with Crippen LogP contribution in [0.5, 0.6) is 0 Å². The normalized spacial score (nSPS) is 12.2. The molecule has 0 amide bonds. The van der Waals surface area contributed by atoms with E-state index in [1.54, 1.807) is 11.8 Å². The van der Waals surface area contributed by atoms with Gasteiger partial charge in [-0.3, -0.25) is 4.79 Å². The zero-order chi connectivity index (χ0) is 46.7. The molecule has 0 saturated carbocycles. The molecule has 0 heterocycles. The van der Waals surface area contributed by atoms with Crippen molar-refractivity contribution in [3.8, 4) is 0 Å². The molecule has 0 spiro atoms. The third kappa shape index (κ3) is 42.0. The average Bonchev–Trinajstić information content (AvgIpc) is 3.31. The Morgan fingerprint density at radius 1 is 0.446 bits per heavy atom. The zero-order valence-corrected chi connectivity index (χ0v) is 44.0. The minimum absolute atomic E-state index is 0.244. The maximum atomic E-state index is 10.6. The van der Waals surface area contributed by atoms with E-state index in [-0.39, 0.29) is 5.75 Å².